The number of hydrogen-bond acceptors (Lipinski definition) is 15. The summed E-state index contributed by atoms with van der Waals surface area (Å²) in [7, 11) is 1.23. The lowest BCUT2D eigenvalue weighted by atomic mass is 9.84. The minimum Gasteiger partial charge on any atom is -0.387 e. The predicted octanol–water partition coefficient (Wildman–Crippen LogP) is -4.33. The van der Waals surface area contributed by atoms with Crippen LogP contribution in [0.15, 0.2) is 0 Å². The van der Waals surface area contributed by atoms with Gasteiger partial charge in [0.1, 0.15) is 65.6 Å². The second-order valence-electron chi connectivity index (χ2n) is 10.8. The molecule has 0 aromatic carbocycles. The molecule has 3 aliphatic heterocycles. The Balaban J connectivity index is 1.68. The maximum Gasteiger partial charge on any atom is 0.187 e. The molecule has 3 saturated heterocycles. The molecule has 15 heteroatoms. The molecular weight excluding hydrogens is 516 g/mol. The molecule has 0 radical (unpaired) electrons. The van der Waals surface area contributed by atoms with Gasteiger partial charge >= 0.3 is 0 Å². The van der Waals surface area contributed by atoms with Crippen LogP contribution in [0.25, 0.3) is 0 Å². The lowest BCUT2D eigenvalue weighted by Gasteiger charge is -2.49. The lowest BCUT2D eigenvalue weighted by Crippen LogP contribution is -2.68. The standard InChI is InChI=1S/C23H42O15/c1-6-9-12(24)21(2,30)16(28)19(36-9)34-8-11-14(26)23(4,32)17(29)20(38-11)35-7-10-13(25)22(3,31)15(27)18(33-5)37-10/h9-20,24-32H,6-8H2,1-5H3. The van der Waals surface area contributed by atoms with Crippen molar-refractivity contribution in [2.45, 2.75) is 125 Å². The van der Waals surface area contributed by atoms with Gasteiger partial charge in [-0.25, -0.2) is 0 Å². The van der Waals surface area contributed by atoms with E-state index in [0.717, 1.165) is 6.92 Å². The molecule has 3 fully saturated rings. The second kappa shape index (κ2) is 11.7. The van der Waals surface area contributed by atoms with E-state index in [1.165, 1.54) is 21.0 Å². The molecule has 9 N–H and O–H groups in total. The molecule has 38 heavy (non-hydrogen) atoms. The largest absolute Gasteiger partial charge is 0.387 e. The number of aliphatic hydroxyl groups is 9. The van der Waals surface area contributed by atoms with Crippen LogP contribution in [-0.4, -0.2) is 157 Å². The molecule has 0 aromatic heterocycles. The SMILES string of the molecule is CCC1OC(OCC2OC(OCC3OC(OC)C(O)C(C)(O)C3O)C(O)C(C)(O)C2O)C(O)C(C)(O)C1O. The molecule has 0 spiro atoms. The van der Waals surface area contributed by atoms with Gasteiger partial charge < -0.3 is 74.4 Å². The van der Waals surface area contributed by atoms with E-state index < -0.39 is 104 Å². The van der Waals surface area contributed by atoms with Gasteiger partial charge in [-0.3, -0.25) is 0 Å². The van der Waals surface area contributed by atoms with Crippen LogP contribution in [0.5, 0.6) is 0 Å². The first kappa shape index (κ1) is 31.9. The smallest absolute Gasteiger partial charge is 0.187 e. The van der Waals surface area contributed by atoms with Crippen LogP contribution >= 0.6 is 0 Å². The summed E-state index contributed by atoms with van der Waals surface area (Å²) in [5.74, 6) is 0. The Morgan fingerprint density at radius 2 is 0.868 bits per heavy atom. The Morgan fingerprint density at radius 3 is 1.24 bits per heavy atom. The fourth-order valence-corrected chi connectivity index (χ4v) is 4.85. The fraction of sp³-hybridized carbons (Fsp3) is 1.00. The van der Waals surface area contributed by atoms with Crippen LogP contribution in [0, 0.1) is 0 Å². The van der Waals surface area contributed by atoms with E-state index in [4.69, 9.17) is 28.4 Å². The third kappa shape index (κ3) is 5.74. The van der Waals surface area contributed by atoms with Crippen molar-refractivity contribution in [3.63, 3.8) is 0 Å². The maximum atomic E-state index is 10.8. The first-order valence-corrected chi connectivity index (χ1v) is 12.5. The van der Waals surface area contributed by atoms with E-state index in [2.05, 4.69) is 0 Å². The lowest BCUT2D eigenvalue weighted by molar-refractivity contribution is -0.363. The Kier molecular flexibility index (Phi) is 9.84. The molecule has 224 valence electrons. The van der Waals surface area contributed by atoms with E-state index in [1.54, 1.807) is 6.92 Å². The van der Waals surface area contributed by atoms with Gasteiger partial charge in [0.25, 0.3) is 0 Å². The summed E-state index contributed by atoms with van der Waals surface area (Å²) in [4.78, 5) is 0. The Labute approximate surface area is 220 Å². The van der Waals surface area contributed by atoms with Crippen molar-refractivity contribution in [1.82, 2.24) is 0 Å². The Bertz CT molecular complexity index is 718. The third-order valence-electron chi connectivity index (χ3n) is 7.83. The van der Waals surface area contributed by atoms with Crippen LogP contribution in [0.4, 0.5) is 0 Å². The van der Waals surface area contributed by atoms with Crippen molar-refractivity contribution < 1.29 is 74.4 Å². The number of hydrogen-bond donors (Lipinski definition) is 9. The zero-order valence-electron chi connectivity index (χ0n) is 22.0. The van der Waals surface area contributed by atoms with Gasteiger partial charge in [0, 0.05) is 7.11 Å². The van der Waals surface area contributed by atoms with E-state index in [9.17, 15) is 46.0 Å². The highest BCUT2D eigenvalue weighted by atomic mass is 16.7. The molecule has 0 saturated carbocycles. The molecular formula is C23H42O15. The molecule has 0 amide bonds. The predicted molar refractivity (Wildman–Crippen MR) is 123 cm³/mol. The van der Waals surface area contributed by atoms with Crippen molar-refractivity contribution in [1.29, 1.82) is 0 Å². The highest BCUT2D eigenvalue weighted by Crippen LogP contribution is 2.35. The van der Waals surface area contributed by atoms with Gasteiger partial charge in [-0.15, -0.1) is 0 Å². The molecule has 3 rings (SSSR count). The summed E-state index contributed by atoms with van der Waals surface area (Å²) in [5, 5.41) is 94.4. The van der Waals surface area contributed by atoms with E-state index in [1.807, 2.05) is 0 Å². The zero-order valence-corrected chi connectivity index (χ0v) is 22.0. The number of aliphatic hydroxyl groups excluding tert-OH is 6. The normalized spacial score (nSPS) is 54.2. The molecule has 0 bridgehead atoms. The van der Waals surface area contributed by atoms with Crippen molar-refractivity contribution in [3.8, 4) is 0 Å². The molecule has 3 aliphatic rings. The number of ether oxygens (including phenoxy) is 6. The highest BCUT2D eigenvalue weighted by molar-refractivity contribution is 5.02. The monoisotopic (exact) mass is 558 g/mol. The number of rotatable bonds is 8. The van der Waals surface area contributed by atoms with Crippen molar-refractivity contribution >= 4 is 0 Å². The van der Waals surface area contributed by atoms with Crippen LogP contribution in [0.1, 0.15) is 34.1 Å². The average molecular weight is 559 g/mol. The average Bonchev–Trinajstić information content (AvgIpc) is 2.86. The minimum absolute atomic E-state index is 0.298. The molecule has 0 aliphatic carbocycles. The highest BCUT2D eigenvalue weighted by Gasteiger charge is 2.56. The second-order valence-corrected chi connectivity index (χ2v) is 10.8. The van der Waals surface area contributed by atoms with Crippen molar-refractivity contribution in [2.24, 2.45) is 0 Å². The molecule has 15 atom stereocenters. The van der Waals surface area contributed by atoms with Crippen molar-refractivity contribution in [2.75, 3.05) is 20.3 Å². The van der Waals surface area contributed by atoms with Crippen LogP contribution in [0.3, 0.4) is 0 Å². The van der Waals surface area contributed by atoms with Gasteiger partial charge in [-0.2, -0.15) is 0 Å². The van der Waals surface area contributed by atoms with E-state index in [-0.39, 0.29) is 0 Å². The number of methoxy groups -OCH3 is 1. The van der Waals surface area contributed by atoms with Crippen LogP contribution < -0.4 is 0 Å². The van der Waals surface area contributed by atoms with Gasteiger partial charge in [0.05, 0.1) is 19.3 Å². The maximum absolute atomic E-state index is 10.8. The van der Waals surface area contributed by atoms with Gasteiger partial charge in [-0.05, 0) is 27.2 Å². The summed E-state index contributed by atoms with van der Waals surface area (Å²) in [6, 6.07) is 0. The Hall–Kier alpha value is -0.600. The van der Waals surface area contributed by atoms with Gasteiger partial charge in [0.15, 0.2) is 18.9 Å². The van der Waals surface area contributed by atoms with E-state index in [0.29, 0.717) is 6.42 Å². The summed E-state index contributed by atoms with van der Waals surface area (Å²) >= 11 is 0. The molecule has 15 nitrogen and oxygen atoms in total. The first-order chi connectivity index (χ1) is 17.5. The van der Waals surface area contributed by atoms with E-state index >= 15 is 0 Å². The van der Waals surface area contributed by atoms with Crippen LogP contribution in [0.2, 0.25) is 0 Å². The van der Waals surface area contributed by atoms with Crippen LogP contribution in [-0.2, 0) is 28.4 Å². The summed E-state index contributed by atoms with van der Waals surface area (Å²) in [5.41, 5.74) is -6.15. The Morgan fingerprint density at radius 1 is 0.553 bits per heavy atom. The zero-order chi connectivity index (χ0) is 28.8. The molecule has 0 aromatic rings. The summed E-state index contributed by atoms with van der Waals surface area (Å²) in [6.45, 7) is 4.27. The van der Waals surface area contributed by atoms with Gasteiger partial charge in [-0.1, -0.05) is 6.92 Å². The first-order valence-electron chi connectivity index (χ1n) is 12.5. The quantitative estimate of drug-likeness (QED) is 0.137. The van der Waals surface area contributed by atoms with Gasteiger partial charge in [0.2, 0.25) is 0 Å². The fourth-order valence-electron chi connectivity index (χ4n) is 4.85. The summed E-state index contributed by atoms with van der Waals surface area (Å²) in [6.07, 6.45) is -17.2. The molecule has 3 heterocycles. The minimum atomic E-state index is -2.17. The third-order valence-corrected chi connectivity index (χ3v) is 7.83. The van der Waals surface area contributed by atoms with Crippen molar-refractivity contribution in [3.05, 3.63) is 0 Å². The topological polar surface area (TPSA) is 237 Å². The molecule has 15 unspecified atom stereocenters. The summed E-state index contributed by atoms with van der Waals surface area (Å²) < 4.78 is 32.7.